The number of H-pyrrole nitrogens is 1. The average molecular weight is 331 g/mol. The zero-order valence-corrected chi connectivity index (χ0v) is 12.5. The zero-order valence-electron chi connectivity index (χ0n) is 11.7. The topological polar surface area (TPSA) is 74.8 Å². The number of anilines is 1. The monoisotopic (exact) mass is 331 g/mol. The number of nitrogens with one attached hydrogen (secondary N) is 2. The highest BCUT2D eigenvalue weighted by Gasteiger charge is 2.31. The minimum Gasteiger partial charge on any atom is -0.327 e. The minimum atomic E-state index is -4.61. The first kappa shape index (κ1) is 16.2. The van der Waals surface area contributed by atoms with Gasteiger partial charge in [0.2, 0.25) is 0 Å². The Morgan fingerprint density at radius 3 is 2.68 bits per heavy atom. The fraction of sp³-hybridized carbons (Fsp3) is 0.308. The van der Waals surface area contributed by atoms with Crippen molar-refractivity contribution in [2.24, 2.45) is 0 Å². The number of rotatable bonds is 3. The van der Waals surface area contributed by atoms with Crippen molar-refractivity contribution in [2.45, 2.75) is 26.4 Å². The molecule has 118 valence electrons. The number of aryl methyl sites for hydroxylation is 2. The molecule has 1 amide bonds. The molecule has 9 heteroatoms. The summed E-state index contributed by atoms with van der Waals surface area (Å²) in [4.78, 5) is 30.1. The Labute approximate surface area is 127 Å². The summed E-state index contributed by atoms with van der Waals surface area (Å²) in [6.45, 7) is 3.50. The van der Waals surface area contributed by atoms with Gasteiger partial charge in [0.25, 0.3) is 11.5 Å². The standard InChI is InChI=1S/C13H12F3N3O2S/c1-3-9-18-6(2)10(22-9)12(21)19-8-4-7(13(14,15)16)5-17-11(8)20/h4-5H,3H2,1-2H3,(H,17,20)(H,19,21). The fourth-order valence-corrected chi connectivity index (χ4v) is 2.63. The van der Waals surface area contributed by atoms with E-state index >= 15 is 0 Å². The van der Waals surface area contributed by atoms with Crippen LogP contribution in [0.2, 0.25) is 0 Å². The van der Waals surface area contributed by atoms with Gasteiger partial charge in [0.15, 0.2) is 0 Å². The number of aromatic nitrogens is 2. The van der Waals surface area contributed by atoms with E-state index in [1.807, 2.05) is 11.9 Å². The maximum atomic E-state index is 12.6. The second-order valence-corrected chi connectivity index (χ2v) is 5.54. The summed E-state index contributed by atoms with van der Waals surface area (Å²) >= 11 is 1.14. The van der Waals surface area contributed by atoms with Gasteiger partial charge in [0.1, 0.15) is 10.6 Å². The van der Waals surface area contributed by atoms with Crippen LogP contribution in [0, 0.1) is 6.92 Å². The van der Waals surface area contributed by atoms with Gasteiger partial charge in [0, 0.05) is 6.20 Å². The van der Waals surface area contributed by atoms with Gasteiger partial charge in [-0.2, -0.15) is 13.2 Å². The summed E-state index contributed by atoms with van der Waals surface area (Å²) in [6, 6.07) is 0.605. The predicted octanol–water partition coefficient (Wildman–Crippen LogP) is 2.97. The maximum Gasteiger partial charge on any atom is 0.417 e. The normalized spacial score (nSPS) is 11.5. The third kappa shape index (κ3) is 3.35. The number of hydrogen-bond acceptors (Lipinski definition) is 4. The van der Waals surface area contributed by atoms with E-state index in [4.69, 9.17) is 0 Å². The van der Waals surface area contributed by atoms with E-state index in [1.54, 1.807) is 6.92 Å². The molecule has 0 radical (unpaired) electrons. The molecule has 2 N–H and O–H groups in total. The highest BCUT2D eigenvalue weighted by Crippen LogP contribution is 2.29. The molecule has 0 unspecified atom stereocenters. The molecule has 0 aliphatic heterocycles. The van der Waals surface area contributed by atoms with Gasteiger partial charge in [-0.05, 0) is 19.4 Å². The van der Waals surface area contributed by atoms with Crippen LogP contribution in [-0.4, -0.2) is 15.9 Å². The summed E-state index contributed by atoms with van der Waals surface area (Å²) in [5, 5.41) is 2.94. The SMILES string of the molecule is CCc1nc(C)c(C(=O)Nc2cc(C(F)(F)F)c[nH]c2=O)s1. The van der Waals surface area contributed by atoms with Crippen molar-refractivity contribution in [3.8, 4) is 0 Å². The molecule has 0 aliphatic rings. The molecule has 2 heterocycles. The number of thiazole rings is 1. The van der Waals surface area contributed by atoms with E-state index in [0.29, 0.717) is 24.4 Å². The molecule has 0 spiro atoms. The number of nitrogens with zero attached hydrogens (tertiary/aromatic N) is 1. The predicted molar refractivity (Wildman–Crippen MR) is 76.2 cm³/mol. The van der Waals surface area contributed by atoms with Crippen molar-refractivity contribution in [1.82, 2.24) is 9.97 Å². The van der Waals surface area contributed by atoms with Crippen LogP contribution in [0.5, 0.6) is 0 Å². The quantitative estimate of drug-likeness (QED) is 0.908. The van der Waals surface area contributed by atoms with Crippen LogP contribution >= 0.6 is 11.3 Å². The number of pyridine rings is 1. The van der Waals surface area contributed by atoms with Gasteiger partial charge in [-0.1, -0.05) is 6.92 Å². The molecular weight excluding hydrogens is 319 g/mol. The Hall–Kier alpha value is -2.16. The zero-order chi connectivity index (χ0) is 16.5. The lowest BCUT2D eigenvalue weighted by Crippen LogP contribution is -2.21. The van der Waals surface area contributed by atoms with Gasteiger partial charge in [-0.25, -0.2) is 4.98 Å². The Kier molecular flexibility index (Phi) is 4.36. The van der Waals surface area contributed by atoms with Crippen LogP contribution in [0.3, 0.4) is 0 Å². The Balaban J connectivity index is 2.32. The molecule has 22 heavy (non-hydrogen) atoms. The van der Waals surface area contributed by atoms with E-state index in [9.17, 15) is 22.8 Å². The van der Waals surface area contributed by atoms with Gasteiger partial charge < -0.3 is 10.3 Å². The summed E-state index contributed by atoms with van der Waals surface area (Å²) in [7, 11) is 0. The van der Waals surface area contributed by atoms with Crippen molar-refractivity contribution < 1.29 is 18.0 Å². The van der Waals surface area contributed by atoms with Crippen molar-refractivity contribution in [3.05, 3.63) is 43.8 Å². The summed E-state index contributed by atoms with van der Waals surface area (Å²) < 4.78 is 37.9. The van der Waals surface area contributed by atoms with Crippen LogP contribution in [-0.2, 0) is 12.6 Å². The molecule has 2 rings (SSSR count). The molecular formula is C13H12F3N3O2S. The summed E-state index contributed by atoms with van der Waals surface area (Å²) in [6.07, 6.45) is -3.41. The van der Waals surface area contributed by atoms with E-state index in [2.05, 4.69) is 10.3 Å². The third-order valence-corrected chi connectivity index (χ3v) is 4.13. The van der Waals surface area contributed by atoms with Crippen molar-refractivity contribution in [3.63, 3.8) is 0 Å². The first-order valence-electron chi connectivity index (χ1n) is 6.30. The second-order valence-electron chi connectivity index (χ2n) is 4.46. The Morgan fingerprint density at radius 2 is 2.14 bits per heavy atom. The third-order valence-electron chi connectivity index (χ3n) is 2.83. The maximum absolute atomic E-state index is 12.6. The highest BCUT2D eigenvalue weighted by molar-refractivity contribution is 7.13. The molecule has 2 aromatic rings. The van der Waals surface area contributed by atoms with Crippen molar-refractivity contribution in [2.75, 3.05) is 5.32 Å². The molecule has 0 saturated heterocycles. The number of alkyl halides is 3. The van der Waals surface area contributed by atoms with E-state index in [-0.39, 0.29) is 4.88 Å². The fourth-order valence-electron chi connectivity index (χ4n) is 1.73. The molecule has 0 fully saturated rings. The van der Waals surface area contributed by atoms with Crippen molar-refractivity contribution in [1.29, 1.82) is 0 Å². The van der Waals surface area contributed by atoms with Gasteiger partial charge in [0.05, 0.1) is 16.3 Å². The molecule has 0 aromatic carbocycles. The van der Waals surface area contributed by atoms with Crippen LogP contribution in [0.15, 0.2) is 17.1 Å². The number of halogens is 3. The average Bonchev–Trinajstić information content (AvgIpc) is 2.81. The van der Waals surface area contributed by atoms with Crippen LogP contribution in [0.4, 0.5) is 18.9 Å². The molecule has 0 saturated carbocycles. The number of aromatic amines is 1. The summed E-state index contributed by atoms with van der Waals surface area (Å²) in [5.74, 6) is -0.653. The largest absolute Gasteiger partial charge is 0.417 e. The lowest BCUT2D eigenvalue weighted by molar-refractivity contribution is -0.137. The van der Waals surface area contributed by atoms with Crippen molar-refractivity contribution >= 4 is 22.9 Å². The first-order valence-corrected chi connectivity index (χ1v) is 7.11. The number of amides is 1. The minimum absolute atomic E-state index is 0.272. The number of carbonyl (C=O) groups is 1. The molecule has 0 atom stereocenters. The van der Waals surface area contributed by atoms with E-state index in [1.165, 1.54) is 0 Å². The Morgan fingerprint density at radius 1 is 1.45 bits per heavy atom. The van der Waals surface area contributed by atoms with Crippen LogP contribution in [0.1, 0.15) is 32.9 Å². The van der Waals surface area contributed by atoms with Crippen LogP contribution < -0.4 is 10.9 Å². The lowest BCUT2D eigenvalue weighted by atomic mass is 10.2. The number of carbonyl (C=O) groups excluding carboxylic acids is 1. The second kappa shape index (κ2) is 5.91. The van der Waals surface area contributed by atoms with E-state index < -0.39 is 28.9 Å². The molecule has 0 bridgehead atoms. The highest BCUT2D eigenvalue weighted by atomic mass is 32.1. The van der Waals surface area contributed by atoms with Gasteiger partial charge in [-0.15, -0.1) is 11.3 Å². The molecule has 0 aliphatic carbocycles. The lowest BCUT2D eigenvalue weighted by Gasteiger charge is -2.08. The first-order chi connectivity index (χ1) is 10.2. The smallest absolute Gasteiger partial charge is 0.327 e. The van der Waals surface area contributed by atoms with Gasteiger partial charge in [-0.3, -0.25) is 9.59 Å². The van der Waals surface area contributed by atoms with Gasteiger partial charge >= 0.3 is 6.18 Å². The molecule has 2 aromatic heterocycles. The van der Waals surface area contributed by atoms with E-state index in [0.717, 1.165) is 16.3 Å². The van der Waals surface area contributed by atoms with Crippen LogP contribution in [0.25, 0.3) is 0 Å². The summed E-state index contributed by atoms with van der Waals surface area (Å²) in [5.41, 5.74) is -1.83. The molecule has 5 nitrogen and oxygen atoms in total. The Bertz CT molecular complexity index is 765. The number of hydrogen-bond donors (Lipinski definition) is 2.